The number of aromatic nitrogens is 1. The highest BCUT2D eigenvalue weighted by Crippen LogP contribution is 2.41. The Morgan fingerprint density at radius 2 is 1.79 bits per heavy atom. The monoisotopic (exact) mass is 402 g/mol. The van der Waals surface area contributed by atoms with E-state index in [0.717, 1.165) is 11.3 Å². The van der Waals surface area contributed by atoms with Crippen molar-refractivity contribution in [2.45, 2.75) is 13.0 Å². The van der Waals surface area contributed by atoms with Crippen molar-refractivity contribution in [1.82, 2.24) is 4.98 Å². The van der Waals surface area contributed by atoms with Crippen molar-refractivity contribution < 1.29 is 9.21 Å². The van der Waals surface area contributed by atoms with Gasteiger partial charge in [-0.15, -0.1) is 0 Å². The van der Waals surface area contributed by atoms with Gasteiger partial charge in [-0.2, -0.15) is 0 Å². The minimum absolute atomic E-state index is 0.0435. The molecular weight excluding hydrogens is 388 g/mol. The van der Waals surface area contributed by atoms with Crippen molar-refractivity contribution >= 4 is 34.3 Å². The summed E-state index contributed by atoms with van der Waals surface area (Å²) >= 11 is 6.22. The second kappa shape index (κ2) is 6.57. The van der Waals surface area contributed by atoms with E-state index in [1.807, 2.05) is 25.1 Å². The Morgan fingerprint density at radius 1 is 1.00 bits per heavy atom. The van der Waals surface area contributed by atoms with Crippen molar-refractivity contribution in [2.75, 3.05) is 4.90 Å². The van der Waals surface area contributed by atoms with Gasteiger partial charge in [-0.05, 0) is 48.9 Å². The maximum absolute atomic E-state index is 13.4. The number of fused-ring (bicyclic) bond motifs is 2. The van der Waals surface area contributed by atoms with Gasteiger partial charge >= 0.3 is 0 Å². The molecule has 1 atom stereocenters. The summed E-state index contributed by atoms with van der Waals surface area (Å²) in [5.41, 5.74) is 1.94. The van der Waals surface area contributed by atoms with Gasteiger partial charge in [-0.25, -0.2) is 4.98 Å². The van der Waals surface area contributed by atoms with Crippen LogP contribution in [-0.2, 0) is 0 Å². The molecule has 0 unspecified atom stereocenters. The lowest BCUT2D eigenvalue weighted by atomic mass is 9.98. The highest BCUT2D eigenvalue weighted by molar-refractivity contribution is 6.30. The number of hydrogen-bond donors (Lipinski definition) is 0. The van der Waals surface area contributed by atoms with E-state index in [-0.39, 0.29) is 11.2 Å². The first-order valence-corrected chi connectivity index (χ1v) is 9.51. The van der Waals surface area contributed by atoms with Gasteiger partial charge in [0.05, 0.1) is 17.0 Å². The standard InChI is InChI=1S/C23H15ClN2O3/c1-13-6-4-11-18(25-13)26-20(14-7-5-8-15(24)12-14)19-21(27)16-9-2-3-10-17(16)29-22(19)23(26)28/h2-12,20H,1H3/t20-/m0/s1. The average molecular weight is 403 g/mol. The van der Waals surface area contributed by atoms with E-state index in [2.05, 4.69) is 4.98 Å². The topological polar surface area (TPSA) is 63.4 Å². The highest BCUT2D eigenvalue weighted by Gasteiger charge is 2.44. The molecule has 29 heavy (non-hydrogen) atoms. The third-order valence-electron chi connectivity index (χ3n) is 5.06. The molecule has 5 nitrogen and oxygen atoms in total. The molecule has 3 heterocycles. The van der Waals surface area contributed by atoms with Crippen LogP contribution in [0.25, 0.3) is 11.0 Å². The van der Waals surface area contributed by atoms with Crippen molar-refractivity contribution in [1.29, 1.82) is 0 Å². The molecule has 1 amide bonds. The molecule has 0 saturated carbocycles. The van der Waals surface area contributed by atoms with Crippen LogP contribution in [0.15, 0.2) is 75.9 Å². The fraction of sp³-hybridized carbons (Fsp3) is 0.0870. The fourth-order valence-corrected chi connectivity index (χ4v) is 4.01. The Labute approximate surface area is 171 Å². The van der Waals surface area contributed by atoms with Gasteiger partial charge < -0.3 is 4.42 Å². The molecule has 1 aliphatic rings. The SMILES string of the molecule is Cc1cccc(N2C(=O)c3oc4ccccc4c(=O)c3[C@@H]2c2cccc(Cl)c2)n1. The van der Waals surface area contributed by atoms with Crippen LogP contribution in [0.4, 0.5) is 5.82 Å². The summed E-state index contributed by atoms with van der Waals surface area (Å²) in [6, 6.07) is 18.8. The number of para-hydroxylation sites is 1. The number of anilines is 1. The van der Waals surface area contributed by atoms with E-state index in [4.69, 9.17) is 16.0 Å². The maximum Gasteiger partial charge on any atom is 0.296 e. The minimum Gasteiger partial charge on any atom is -0.450 e. The molecule has 0 N–H and O–H groups in total. The molecule has 0 aliphatic carbocycles. The van der Waals surface area contributed by atoms with E-state index in [0.29, 0.717) is 27.4 Å². The van der Waals surface area contributed by atoms with Crippen LogP contribution in [-0.4, -0.2) is 10.9 Å². The molecule has 0 radical (unpaired) electrons. The molecule has 5 rings (SSSR count). The Bertz CT molecular complexity index is 1350. The Morgan fingerprint density at radius 3 is 2.59 bits per heavy atom. The highest BCUT2D eigenvalue weighted by atomic mass is 35.5. The Kier molecular flexibility index (Phi) is 4.00. The predicted molar refractivity (Wildman–Crippen MR) is 112 cm³/mol. The van der Waals surface area contributed by atoms with E-state index in [1.54, 1.807) is 48.5 Å². The summed E-state index contributed by atoms with van der Waals surface area (Å²) in [4.78, 5) is 32.8. The lowest BCUT2D eigenvalue weighted by molar-refractivity contribution is 0.0970. The molecule has 0 spiro atoms. The molecule has 0 bridgehead atoms. The van der Waals surface area contributed by atoms with E-state index in [9.17, 15) is 9.59 Å². The number of hydrogen-bond acceptors (Lipinski definition) is 4. The number of rotatable bonds is 2. The summed E-state index contributed by atoms with van der Waals surface area (Å²) in [6.45, 7) is 1.85. The van der Waals surface area contributed by atoms with Crippen molar-refractivity contribution in [2.24, 2.45) is 0 Å². The zero-order valence-electron chi connectivity index (χ0n) is 15.4. The number of carbonyl (C=O) groups excluding carboxylic acids is 1. The van der Waals surface area contributed by atoms with Crippen LogP contribution in [0.1, 0.15) is 33.4 Å². The van der Waals surface area contributed by atoms with Crippen LogP contribution in [0.2, 0.25) is 5.02 Å². The second-order valence-corrected chi connectivity index (χ2v) is 7.38. The number of nitrogens with zero attached hydrogens (tertiary/aromatic N) is 2. The van der Waals surface area contributed by atoms with E-state index < -0.39 is 11.9 Å². The minimum atomic E-state index is -0.675. The van der Waals surface area contributed by atoms with Gasteiger partial charge in [-0.1, -0.05) is 41.9 Å². The molecular formula is C23H15ClN2O3. The number of pyridine rings is 1. The van der Waals surface area contributed by atoms with Gasteiger partial charge in [0.1, 0.15) is 11.4 Å². The smallest absolute Gasteiger partial charge is 0.296 e. The summed E-state index contributed by atoms with van der Waals surface area (Å²) in [7, 11) is 0. The molecule has 2 aromatic heterocycles. The van der Waals surface area contributed by atoms with Gasteiger partial charge in [0.25, 0.3) is 5.91 Å². The zero-order chi connectivity index (χ0) is 20.1. The van der Waals surface area contributed by atoms with Crippen LogP contribution >= 0.6 is 11.6 Å². The number of carbonyl (C=O) groups is 1. The molecule has 6 heteroatoms. The van der Waals surface area contributed by atoms with Crippen molar-refractivity contribution in [3.8, 4) is 0 Å². The predicted octanol–water partition coefficient (Wildman–Crippen LogP) is 4.90. The van der Waals surface area contributed by atoms with Gasteiger partial charge in [0, 0.05) is 10.7 Å². The largest absolute Gasteiger partial charge is 0.450 e. The normalized spacial score (nSPS) is 15.7. The van der Waals surface area contributed by atoms with Crippen LogP contribution in [0.5, 0.6) is 0 Å². The molecule has 142 valence electrons. The van der Waals surface area contributed by atoms with Gasteiger partial charge in [0.15, 0.2) is 5.43 Å². The molecule has 0 fully saturated rings. The van der Waals surface area contributed by atoms with E-state index >= 15 is 0 Å². The molecule has 2 aromatic carbocycles. The average Bonchev–Trinajstić information content (AvgIpc) is 3.01. The first kappa shape index (κ1) is 17.6. The summed E-state index contributed by atoms with van der Waals surface area (Å²) in [5.74, 6) is 0.0998. The van der Waals surface area contributed by atoms with Gasteiger partial charge in [-0.3, -0.25) is 14.5 Å². The molecule has 0 saturated heterocycles. The summed E-state index contributed by atoms with van der Waals surface area (Å²) in [5, 5.41) is 0.954. The lowest BCUT2D eigenvalue weighted by Gasteiger charge is -2.24. The Balaban J connectivity index is 1.84. The summed E-state index contributed by atoms with van der Waals surface area (Å²) in [6.07, 6.45) is 0. The first-order chi connectivity index (χ1) is 14.0. The summed E-state index contributed by atoms with van der Waals surface area (Å²) < 4.78 is 5.91. The second-order valence-electron chi connectivity index (χ2n) is 6.94. The Hall–Kier alpha value is -3.44. The van der Waals surface area contributed by atoms with Crippen LogP contribution in [0.3, 0.4) is 0 Å². The fourth-order valence-electron chi connectivity index (χ4n) is 3.81. The van der Waals surface area contributed by atoms with Crippen molar-refractivity contribution in [3.63, 3.8) is 0 Å². The van der Waals surface area contributed by atoms with Crippen LogP contribution in [0, 0.1) is 6.92 Å². The number of benzene rings is 2. The number of amides is 1. The van der Waals surface area contributed by atoms with Crippen molar-refractivity contribution in [3.05, 3.63) is 105 Å². The molecule has 1 aliphatic heterocycles. The van der Waals surface area contributed by atoms with E-state index in [1.165, 1.54) is 4.90 Å². The van der Waals surface area contributed by atoms with Crippen LogP contribution < -0.4 is 10.3 Å². The maximum atomic E-state index is 13.4. The number of halogens is 1. The first-order valence-electron chi connectivity index (χ1n) is 9.13. The molecule has 4 aromatic rings. The third kappa shape index (κ3) is 2.74. The zero-order valence-corrected chi connectivity index (χ0v) is 16.2. The number of aryl methyl sites for hydroxylation is 1. The lowest BCUT2D eigenvalue weighted by Crippen LogP contribution is -2.30. The van der Waals surface area contributed by atoms with Gasteiger partial charge in [0.2, 0.25) is 5.76 Å². The third-order valence-corrected chi connectivity index (χ3v) is 5.30. The quantitative estimate of drug-likeness (QED) is 0.478.